The maximum Gasteiger partial charge on any atom is 1.00 e. The quantitative estimate of drug-likeness (QED) is 0.449. The van der Waals surface area contributed by atoms with Crippen LogP contribution in [0.2, 0.25) is 15.2 Å². The van der Waals surface area contributed by atoms with Crippen LogP contribution in [-0.4, -0.2) is 4.98 Å². The van der Waals surface area contributed by atoms with E-state index in [0.29, 0.717) is 0 Å². The molecule has 0 aliphatic carbocycles. The van der Waals surface area contributed by atoms with Crippen LogP contribution < -0.4 is 40.4 Å². The zero-order valence-electron chi connectivity index (χ0n) is 6.07. The number of anilines is 1. The molecule has 0 aliphatic heterocycles. The minimum absolute atomic E-state index is 0. The molecule has 0 spiro atoms. The van der Waals surface area contributed by atoms with Crippen molar-refractivity contribution < 1.29 is 34.7 Å². The van der Waals surface area contributed by atoms with Gasteiger partial charge in [-0.1, -0.05) is 34.8 Å². The van der Waals surface area contributed by atoms with Crippen LogP contribution in [0.1, 0.15) is 0 Å². The third kappa shape index (κ3) is 2.31. The number of nitrogen functional groups attached to an aromatic ring is 1. The van der Waals surface area contributed by atoms with Crippen LogP contribution >= 0.6 is 34.8 Å². The SMILES string of the molecule is Nc1c(Cl)c([O-])nc(Cl)c1Cl.[Na+]. The molecule has 0 amide bonds. The maximum absolute atomic E-state index is 10.7. The van der Waals surface area contributed by atoms with Crippen molar-refractivity contribution >= 4 is 40.5 Å². The van der Waals surface area contributed by atoms with Crippen molar-refractivity contribution in [3.63, 3.8) is 0 Å². The summed E-state index contributed by atoms with van der Waals surface area (Å²) in [7, 11) is 0. The predicted octanol–water partition coefficient (Wildman–Crippen LogP) is -1.30. The molecular formula is C5H2Cl3N2NaO. The zero-order chi connectivity index (χ0) is 8.59. The molecule has 0 saturated carbocycles. The number of hydrogen-bond donors (Lipinski definition) is 1. The summed E-state index contributed by atoms with van der Waals surface area (Å²) < 4.78 is 0. The van der Waals surface area contributed by atoms with E-state index in [-0.39, 0.29) is 50.4 Å². The first-order chi connectivity index (χ1) is 5.04. The molecule has 3 nitrogen and oxygen atoms in total. The van der Waals surface area contributed by atoms with Gasteiger partial charge in [0.1, 0.15) is 10.2 Å². The first-order valence-corrected chi connectivity index (χ1v) is 3.64. The number of nitrogens with two attached hydrogens (primary N) is 1. The molecule has 1 heterocycles. The summed E-state index contributed by atoms with van der Waals surface area (Å²) in [5, 5.41) is 10.4. The average Bonchev–Trinajstić information content (AvgIpc) is 1.97. The van der Waals surface area contributed by atoms with Gasteiger partial charge in [-0.2, -0.15) is 0 Å². The molecule has 12 heavy (non-hydrogen) atoms. The van der Waals surface area contributed by atoms with E-state index in [2.05, 4.69) is 4.98 Å². The standard InChI is InChI=1S/C5H3Cl3N2O.Na/c6-1-3(9)2(7)5(11)10-4(1)8;/h(H3,9,10,11);/q;+1/p-1. The number of aromatic nitrogens is 1. The Labute approximate surface area is 106 Å². The Morgan fingerprint density at radius 3 is 2.17 bits per heavy atom. The van der Waals surface area contributed by atoms with Crippen LogP contribution in [0.15, 0.2) is 0 Å². The summed E-state index contributed by atoms with van der Waals surface area (Å²) in [5.74, 6) is -0.668. The molecule has 0 bridgehead atoms. The van der Waals surface area contributed by atoms with E-state index in [1.165, 1.54) is 0 Å². The third-order valence-electron chi connectivity index (χ3n) is 1.04. The predicted molar refractivity (Wildman–Crippen MR) is 43.1 cm³/mol. The molecule has 7 heteroatoms. The fourth-order valence-corrected chi connectivity index (χ4v) is 1.01. The third-order valence-corrected chi connectivity index (χ3v) is 2.16. The maximum atomic E-state index is 10.7. The van der Waals surface area contributed by atoms with Crippen LogP contribution in [0.4, 0.5) is 5.69 Å². The number of hydrogen-bond acceptors (Lipinski definition) is 3. The van der Waals surface area contributed by atoms with Crippen LogP contribution in [0.25, 0.3) is 0 Å². The van der Waals surface area contributed by atoms with Crippen molar-refractivity contribution in [2.24, 2.45) is 0 Å². The van der Waals surface area contributed by atoms with Crippen LogP contribution in [0.3, 0.4) is 0 Å². The Morgan fingerprint density at radius 1 is 1.17 bits per heavy atom. The van der Waals surface area contributed by atoms with E-state index in [1.54, 1.807) is 0 Å². The van der Waals surface area contributed by atoms with Crippen molar-refractivity contribution in [1.29, 1.82) is 0 Å². The van der Waals surface area contributed by atoms with Crippen molar-refractivity contribution in [2.45, 2.75) is 0 Å². The molecule has 0 saturated heterocycles. The minimum Gasteiger partial charge on any atom is -0.857 e. The second kappa shape index (κ2) is 4.74. The smallest absolute Gasteiger partial charge is 0.857 e. The zero-order valence-corrected chi connectivity index (χ0v) is 10.3. The molecule has 0 aromatic carbocycles. The average molecular weight is 235 g/mol. The van der Waals surface area contributed by atoms with Crippen LogP contribution in [-0.2, 0) is 0 Å². The van der Waals surface area contributed by atoms with Crippen molar-refractivity contribution in [2.75, 3.05) is 5.73 Å². The molecule has 0 aliphatic rings. The largest absolute Gasteiger partial charge is 1.00 e. The Hall–Kier alpha value is 0.620. The summed E-state index contributed by atoms with van der Waals surface area (Å²) in [5.41, 5.74) is 5.27. The Balaban J connectivity index is 0.00000121. The van der Waals surface area contributed by atoms with Gasteiger partial charge in [0.2, 0.25) is 0 Å². The van der Waals surface area contributed by atoms with Gasteiger partial charge in [-0.15, -0.1) is 0 Å². The number of rotatable bonds is 0. The molecule has 60 valence electrons. The number of nitrogens with zero attached hydrogens (tertiary/aromatic N) is 1. The Kier molecular flexibility index (Phi) is 4.99. The van der Waals surface area contributed by atoms with Gasteiger partial charge < -0.3 is 10.8 Å². The minimum atomic E-state index is -0.668. The molecular weight excluding hydrogens is 233 g/mol. The molecule has 1 aromatic rings. The summed E-state index contributed by atoms with van der Waals surface area (Å²) >= 11 is 16.3. The Morgan fingerprint density at radius 2 is 1.67 bits per heavy atom. The summed E-state index contributed by atoms with van der Waals surface area (Å²) in [6.45, 7) is 0. The summed E-state index contributed by atoms with van der Waals surface area (Å²) in [6.07, 6.45) is 0. The van der Waals surface area contributed by atoms with E-state index >= 15 is 0 Å². The Bertz CT molecular complexity index is 281. The molecule has 0 unspecified atom stereocenters. The molecule has 1 aromatic heterocycles. The van der Waals surface area contributed by atoms with E-state index in [0.717, 1.165) is 0 Å². The van der Waals surface area contributed by atoms with Crippen molar-refractivity contribution in [3.8, 4) is 5.88 Å². The first kappa shape index (κ1) is 12.6. The second-order valence-corrected chi connectivity index (χ2v) is 2.86. The fourth-order valence-electron chi connectivity index (χ4n) is 0.510. The van der Waals surface area contributed by atoms with Gasteiger partial charge in [0.25, 0.3) is 0 Å². The van der Waals surface area contributed by atoms with Gasteiger partial charge in [-0.25, -0.2) is 4.98 Å². The van der Waals surface area contributed by atoms with E-state index in [4.69, 9.17) is 40.5 Å². The molecule has 1 rings (SSSR count). The van der Waals surface area contributed by atoms with Gasteiger partial charge in [-0.05, 0) is 0 Å². The number of halogens is 3. The second-order valence-electron chi connectivity index (χ2n) is 1.75. The summed E-state index contributed by atoms with van der Waals surface area (Å²) in [6, 6.07) is 0. The van der Waals surface area contributed by atoms with Gasteiger partial charge in [-0.3, -0.25) is 0 Å². The van der Waals surface area contributed by atoms with Gasteiger partial charge in [0.15, 0.2) is 0 Å². The molecule has 2 N–H and O–H groups in total. The van der Waals surface area contributed by atoms with Crippen LogP contribution in [0, 0.1) is 0 Å². The fraction of sp³-hybridized carbons (Fsp3) is 0. The van der Waals surface area contributed by atoms with E-state index < -0.39 is 5.88 Å². The monoisotopic (exact) mass is 234 g/mol. The van der Waals surface area contributed by atoms with Crippen LogP contribution in [0.5, 0.6) is 5.88 Å². The van der Waals surface area contributed by atoms with E-state index in [9.17, 15) is 5.11 Å². The molecule has 0 radical (unpaired) electrons. The van der Waals surface area contributed by atoms with Gasteiger partial charge in [0, 0.05) is 5.88 Å². The van der Waals surface area contributed by atoms with Gasteiger partial charge >= 0.3 is 29.6 Å². The first-order valence-electron chi connectivity index (χ1n) is 2.51. The number of pyridine rings is 1. The topological polar surface area (TPSA) is 62.0 Å². The summed E-state index contributed by atoms with van der Waals surface area (Å²) in [4.78, 5) is 3.30. The van der Waals surface area contributed by atoms with E-state index in [1.807, 2.05) is 0 Å². The molecule has 0 atom stereocenters. The van der Waals surface area contributed by atoms with Gasteiger partial charge in [0.05, 0.1) is 10.7 Å². The van der Waals surface area contributed by atoms with Crippen molar-refractivity contribution in [3.05, 3.63) is 15.2 Å². The molecule has 0 fully saturated rings. The normalized spacial score (nSPS) is 9.25. The van der Waals surface area contributed by atoms with Crippen molar-refractivity contribution in [1.82, 2.24) is 4.98 Å².